The van der Waals surface area contributed by atoms with Crippen LogP contribution in [0.15, 0.2) is 40.8 Å². The molecular formula is C15H23NO5S. The van der Waals surface area contributed by atoms with Crippen molar-refractivity contribution in [2.24, 2.45) is 5.90 Å². The lowest BCUT2D eigenvalue weighted by Gasteiger charge is -2.23. The fraction of sp³-hybridized carbons (Fsp3) is 0.400. The van der Waals surface area contributed by atoms with Crippen molar-refractivity contribution in [3.8, 4) is 5.75 Å². The Bertz CT molecular complexity index is 537. The van der Waals surface area contributed by atoms with Crippen molar-refractivity contribution in [1.82, 2.24) is 0 Å². The number of hydrogen-bond acceptors (Lipinski definition) is 5. The standard InChI is InChI=1S/C15H20O4S.H3NO/c1-11(2)9-10-15(3,14(16)17)20(18)13-7-5-12(19-4)6-8-13;1-2/h5-9H,10H2,1-4H3,(H,16,17);2H,1H2. The number of carbonyl (C=O) groups is 1. The topological polar surface area (TPSA) is 110 Å². The quantitative estimate of drug-likeness (QED) is 0.546. The van der Waals surface area contributed by atoms with Gasteiger partial charge >= 0.3 is 5.97 Å². The molecule has 0 radical (unpaired) electrons. The second-order valence-electron chi connectivity index (χ2n) is 4.97. The molecule has 6 nitrogen and oxygen atoms in total. The number of aliphatic carboxylic acids is 1. The molecule has 0 aliphatic carbocycles. The lowest BCUT2D eigenvalue weighted by atomic mass is 10.1. The van der Waals surface area contributed by atoms with Crippen LogP contribution in [0.3, 0.4) is 0 Å². The molecule has 0 fully saturated rings. The molecule has 22 heavy (non-hydrogen) atoms. The van der Waals surface area contributed by atoms with E-state index in [4.69, 9.17) is 9.94 Å². The van der Waals surface area contributed by atoms with Crippen LogP contribution in [-0.4, -0.2) is 32.3 Å². The molecule has 4 N–H and O–H groups in total. The highest BCUT2D eigenvalue weighted by Crippen LogP contribution is 2.27. The van der Waals surface area contributed by atoms with Gasteiger partial charge in [-0.2, -0.15) is 0 Å². The van der Waals surface area contributed by atoms with Gasteiger partial charge in [0.25, 0.3) is 0 Å². The molecule has 1 rings (SSSR count). The summed E-state index contributed by atoms with van der Waals surface area (Å²) in [6.07, 6.45) is 2.03. The summed E-state index contributed by atoms with van der Waals surface area (Å²) in [6, 6.07) is 6.63. The summed E-state index contributed by atoms with van der Waals surface area (Å²) in [6.45, 7) is 5.28. The van der Waals surface area contributed by atoms with E-state index < -0.39 is 21.5 Å². The van der Waals surface area contributed by atoms with Crippen molar-refractivity contribution in [2.45, 2.75) is 36.8 Å². The minimum absolute atomic E-state index is 0.226. The summed E-state index contributed by atoms with van der Waals surface area (Å²) in [5.41, 5.74) is 1.00. The van der Waals surface area contributed by atoms with Crippen LogP contribution < -0.4 is 10.6 Å². The maximum Gasteiger partial charge on any atom is 0.322 e. The normalized spacial score (nSPS) is 13.9. The van der Waals surface area contributed by atoms with Crippen LogP contribution in [0, 0.1) is 0 Å². The van der Waals surface area contributed by atoms with Crippen molar-refractivity contribution < 1.29 is 24.1 Å². The zero-order chi connectivity index (χ0) is 17.3. The molecule has 0 aromatic heterocycles. The van der Waals surface area contributed by atoms with E-state index >= 15 is 0 Å². The van der Waals surface area contributed by atoms with E-state index in [1.54, 1.807) is 37.5 Å². The SMILES string of the molecule is COc1ccc(S(=O)C(C)(CC=C(C)C)C(=O)O)cc1.NO. The maximum atomic E-state index is 12.6. The Hall–Kier alpha value is -1.70. The zero-order valence-corrected chi connectivity index (χ0v) is 14.0. The van der Waals surface area contributed by atoms with Crippen LogP contribution in [0.25, 0.3) is 0 Å². The molecule has 2 unspecified atom stereocenters. The lowest BCUT2D eigenvalue weighted by Crippen LogP contribution is -2.39. The third-order valence-electron chi connectivity index (χ3n) is 3.03. The average Bonchev–Trinajstić information content (AvgIpc) is 2.53. The average molecular weight is 329 g/mol. The van der Waals surface area contributed by atoms with Crippen molar-refractivity contribution in [3.05, 3.63) is 35.9 Å². The highest BCUT2D eigenvalue weighted by molar-refractivity contribution is 7.87. The van der Waals surface area contributed by atoms with E-state index in [-0.39, 0.29) is 6.42 Å². The van der Waals surface area contributed by atoms with Gasteiger partial charge in [0.15, 0.2) is 0 Å². The third-order valence-corrected chi connectivity index (χ3v) is 4.89. The number of nitrogens with two attached hydrogens (primary N) is 1. The number of benzene rings is 1. The predicted molar refractivity (Wildman–Crippen MR) is 85.5 cm³/mol. The van der Waals surface area contributed by atoms with Gasteiger partial charge in [-0.3, -0.25) is 9.00 Å². The van der Waals surface area contributed by atoms with Gasteiger partial charge < -0.3 is 15.1 Å². The molecule has 0 heterocycles. The molecule has 124 valence electrons. The highest BCUT2D eigenvalue weighted by Gasteiger charge is 2.39. The molecule has 0 spiro atoms. The maximum absolute atomic E-state index is 12.6. The first-order valence-electron chi connectivity index (χ1n) is 6.50. The molecule has 0 aliphatic heterocycles. The van der Waals surface area contributed by atoms with Gasteiger partial charge in [-0.1, -0.05) is 11.6 Å². The first-order valence-corrected chi connectivity index (χ1v) is 7.64. The van der Waals surface area contributed by atoms with Gasteiger partial charge in [0.05, 0.1) is 17.9 Å². The van der Waals surface area contributed by atoms with E-state index in [0.29, 0.717) is 10.6 Å². The summed E-state index contributed by atoms with van der Waals surface area (Å²) in [4.78, 5) is 12.0. The Kier molecular flexibility index (Phi) is 8.62. The van der Waals surface area contributed by atoms with Crippen LogP contribution in [0.1, 0.15) is 27.2 Å². The number of carboxylic acid groups (broad SMARTS) is 1. The monoisotopic (exact) mass is 329 g/mol. The first kappa shape index (κ1) is 20.3. The molecule has 1 aromatic rings. The lowest BCUT2D eigenvalue weighted by molar-refractivity contribution is -0.139. The van der Waals surface area contributed by atoms with Crippen molar-refractivity contribution in [2.75, 3.05) is 7.11 Å². The Balaban J connectivity index is 0.00000211. The summed E-state index contributed by atoms with van der Waals surface area (Å²) < 4.78 is 16.3. The van der Waals surface area contributed by atoms with E-state index in [0.717, 1.165) is 5.57 Å². The van der Waals surface area contributed by atoms with E-state index in [1.165, 1.54) is 6.92 Å². The molecule has 2 atom stereocenters. The Morgan fingerprint density at radius 3 is 2.18 bits per heavy atom. The van der Waals surface area contributed by atoms with Crippen molar-refractivity contribution >= 4 is 16.8 Å². The van der Waals surface area contributed by atoms with Gasteiger partial charge in [-0.05, 0) is 51.5 Å². The summed E-state index contributed by atoms with van der Waals surface area (Å²) in [7, 11) is -0.0994. The van der Waals surface area contributed by atoms with Gasteiger partial charge in [-0.15, -0.1) is 0 Å². The number of rotatable bonds is 6. The Labute approximate surface area is 133 Å². The van der Waals surface area contributed by atoms with Crippen LogP contribution in [0.4, 0.5) is 0 Å². The van der Waals surface area contributed by atoms with E-state index in [9.17, 15) is 14.1 Å². The minimum atomic E-state index is -1.64. The predicted octanol–water partition coefficient (Wildman–Crippen LogP) is 2.34. The second-order valence-corrected chi connectivity index (χ2v) is 6.88. The smallest absolute Gasteiger partial charge is 0.322 e. The number of allylic oxidation sites excluding steroid dienone is 2. The van der Waals surface area contributed by atoms with Gasteiger partial charge in [0.1, 0.15) is 10.5 Å². The first-order chi connectivity index (χ1) is 10.3. The minimum Gasteiger partial charge on any atom is -0.497 e. The largest absolute Gasteiger partial charge is 0.497 e. The van der Waals surface area contributed by atoms with Gasteiger partial charge in [-0.25, -0.2) is 5.90 Å². The van der Waals surface area contributed by atoms with Crippen LogP contribution in [0.5, 0.6) is 5.75 Å². The van der Waals surface area contributed by atoms with Crippen LogP contribution in [0.2, 0.25) is 0 Å². The molecule has 0 bridgehead atoms. The summed E-state index contributed by atoms with van der Waals surface area (Å²) >= 11 is 0. The molecule has 0 saturated heterocycles. The number of hydrogen-bond donors (Lipinski definition) is 3. The number of carboxylic acids is 1. The van der Waals surface area contributed by atoms with Crippen molar-refractivity contribution in [3.63, 3.8) is 0 Å². The van der Waals surface area contributed by atoms with Gasteiger partial charge in [0, 0.05) is 4.90 Å². The Morgan fingerprint density at radius 2 is 1.82 bits per heavy atom. The molecular weight excluding hydrogens is 306 g/mol. The molecule has 0 aliphatic rings. The molecule has 0 amide bonds. The van der Waals surface area contributed by atoms with E-state index in [1.807, 2.05) is 13.8 Å². The van der Waals surface area contributed by atoms with Crippen LogP contribution >= 0.6 is 0 Å². The number of ether oxygens (including phenoxy) is 1. The van der Waals surface area contributed by atoms with Crippen molar-refractivity contribution in [1.29, 1.82) is 0 Å². The molecule has 1 aromatic carbocycles. The summed E-state index contributed by atoms with van der Waals surface area (Å²) in [5, 5.41) is 15.9. The second kappa shape index (κ2) is 9.34. The summed E-state index contributed by atoms with van der Waals surface area (Å²) in [5.74, 6) is 3.08. The highest BCUT2D eigenvalue weighted by atomic mass is 32.2. The van der Waals surface area contributed by atoms with Crippen LogP contribution in [-0.2, 0) is 15.6 Å². The third kappa shape index (κ3) is 5.25. The fourth-order valence-corrected chi connectivity index (χ4v) is 2.90. The molecule has 7 heteroatoms. The number of methoxy groups -OCH3 is 1. The molecule has 0 saturated carbocycles. The fourth-order valence-electron chi connectivity index (χ4n) is 1.60. The zero-order valence-electron chi connectivity index (χ0n) is 13.2. The van der Waals surface area contributed by atoms with Gasteiger partial charge in [0.2, 0.25) is 0 Å². The van der Waals surface area contributed by atoms with E-state index in [2.05, 4.69) is 5.90 Å². The Morgan fingerprint density at radius 1 is 1.32 bits per heavy atom.